The molecule has 4 rings (SSSR count). The number of nitrogens with one attached hydrogen (secondary N) is 1. The average Bonchev–Trinajstić information content (AvgIpc) is 3.41. The van der Waals surface area contributed by atoms with Gasteiger partial charge in [-0.25, -0.2) is 4.98 Å². The van der Waals surface area contributed by atoms with Gasteiger partial charge in [0.05, 0.1) is 28.5 Å². The molecule has 1 amide bonds. The van der Waals surface area contributed by atoms with Crippen LogP contribution in [0.1, 0.15) is 28.7 Å². The number of fused-ring (bicyclic) bond motifs is 1. The Morgan fingerprint density at radius 2 is 2.14 bits per heavy atom. The highest BCUT2D eigenvalue weighted by atomic mass is 16.5. The number of pyridine rings is 1. The van der Waals surface area contributed by atoms with Gasteiger partial charge < -0.3 is 9.84 Å². The quantitative estimate of drug-likeness (QED) is 0.540. The number of nitrogens with zero attached hydrogens (tertiary/aromatic N) is 6. The third-order valence-electron chi connectivity index (χ3n) is 4.89. The SMILES string of the molecule is Cc1noc2nc(-c3cnn(C)c3)cc(C(=O)NC[C@H](C)Cn3nccc3C)c12. The van der Waals surface area contributed by atoms with Crippen LogP contribution in [0.4, 0.5) is 0 Å². The summed E-state index contributed by atoms with van der Waals surface area (Å²) in [6.45, 7) is 7.15. The molecule has 4 aromatic heterocycles. The van der Waals surface area contributed by atoms with E-state index in [1.54, 1.807) is 30.1 Å². The lowest BCUT2D eigenvalue weighted by Gasteiger charge is -2.14. The summed E-state index contributed by atoms with van der Waals surface area (Å²) in [6.07, 6.45) is 5.32. The van der Waals surface area contributed by atoms with Gasteiger partial charge in [-0.05, 0) is 31.9 Å². The smallest absolute Gasteiger partial charge is 0.259 e. The number of rotatable bonds is 6. The van der Waals surface area contributed by atoms with E-state index in [-0.39, 0.29) is 11.8 Å². The monoisotopic (exact) mass is 393 g/mol. The van der Waals surface area contributed by atoms with Crippen molar-refractivity contribution < 1.29 is 9.32 Å². The van der Waals surface area contributed by atoms with Gasteiger partial charge >= 0.3 is 0 Å². The van der Waals surface area contributed by atoms with E-state index in [4.69, 9.17) is 4.52 Å². The number of carbonyl (C=O) groups excluding carboxylic acids is 1. The van der Waals surface area contributed by atoms with Gasteiger partial charge in [-0.3, -0.25) is 14.2 Å². The minimum Gasteiger partial charge on any atom is -0.352 e. The number of aryl methyl sites for hydroxylation is 3. The van der Waals surface area contributed by atoms with Crippen molar-refractivity contribution in [2.75, 3.05) is 6.54 Å². The van der Waals surface area contributed by atoms with E-state index in [0.717, 1.165) is 17.8 Å². The first-order valence-corrected chi connectivity index (χ1v) is 9.45. The minimum absolute atomic E-state index is 0.183. The van der Waals surface area contributed by atoms with E-state index in [0.29, 0.717) is 34.6 Å². The van der Waals surface area contributed by atoms with Crippen molar-refractivity contribution in [1.82, 2.24) is 35.0 Å². The van der Waals surface area contributed by atoms with Crippen LogP contribution in [-0.4, -0.2) is 42.2 Å². The van der Waals surface area contributed by atoms with E-state index >= 15 is 0 Å². The van der Waals surface area contributed by atoms with Crippen molar-refractivity contribution in [1.29, 1.82) is 0 Å². The first-order chi connectivity index (χ1) is 13.9. The maximum Gasteiger partial charge on any atom is 0.259 e. The molecule has 0 saturated heterocycles. The van der Waals surface area contributed by atoms with Crippen LogP contribution in [0.5, 0.6) is 0 Å². The predicted molar refractivity (Wildman–Crippen MR) is 107 cm³/mol. The highest BCUT2D eigenvalue weighted by Gasteiger charge is 2.20. The molecule has 0 aliphatic carbocycles. The molecule has 29 heavy (non-hydrogen) atoms. The van der Waals surface area contributed by atoms with Crippen LogP contribution in [0.2, 0.25) is 0 Å². The third-order valence-corrected chi connectivity index (χ3v) is 4.89. The highest BCUT2D eigenvalue weighted by Crippen LogP contribution is 2.26. The molecule has 9 nitrogen and oxygen atoms in total. The van der Waals surface area contributed by atoms with E-state index in [1.165, 1.54) is 0 Å². The van der Waals surface area contributed by atoms with Gasteiger partial charge in [0.15, 0.2) is 0 Å². The summed E-state index contributed by atoms with van der Waals surface area (Å²) in [5, 5.41) is 16.1. The van der Waals surface area contributed by atoms with Gasteiger partial charge in [-0.15, -0.1) is 0 Å². The maximum atomic E-state index is 13.0. The Kier molecular flexibility index (Phi) is 4.87. The first-order valence-electron chi connectivity index (χ1n) is 9.45. The molecule has 4 aromatic rings. The van der Waals surface area contributed by atoms with Crippen LogP contribution in [0.25, 0.3) is 22.4 Å². The zero-order chi connectivity index (χ0) is 20.5. The minimum atomic E-state index is -0.183. The van der Waals surface area contributed by atoms with Gasteiger partial charge in [0, 0.05) is 43.8 Å². The van der Waals surface area contributed by atoms with E-state index in [2.05, 4.69) is 32.6 Å². The summed E-state index contributed by atoms with van der Waals surface area (Å²) >= 11 is 0. The maximum absolute atomic E-state index is 13.0. The Balaban J connectivity index is 1.57. The van der Waals surface area contributed by atoms with Crippen molar-refractivity contribution in [2.45, 2.75) is 27.3 Å². The number of amides is 1. The largest absolute Gasteiger partial charge is 0.352 e. The molecule has 4 heterocycles. The number of aromatic nitrogens is 6. The normalized spacial score (nSPS) is 12.4. The molecule has 0 aliphatic heterocycles. The zero-order valence-corrected chi connectivity index (χ0v) is 16.9. The Hall–Kier alpha value is -3.49. The summed E-state index contributed by atoms with van der Waals surface area (Å²) in [6, 6.07) is 3.73. The van der Waals surface area contributed by atoms with Crippen LogP contribution in [-0.2, 0) is 13.6 Å². The number of carbonyl (C=O) groups is 1. The van der Waals surface area contributed by atoms with Crippen molar-refractivity contribution in [2.24, 2.45) is 13.0 Å². The van der Waals surface area contributed by atoms with E-state index in [1.807, 2.05) is 30.9 Å². The van der Waals surface area contributed by atoms with Crippen molar-refractivity contribution >= 4 is 17.0 Å². The molecule has 0 saturated carbocycles. The van der Waals surface area contributed by atoms with Crippen LogP contribution < -0.4 is 5.32 Å². The zero-order valence-electron chi connectivity index (χ0n) is 16.9. The fourth-order valence-electron chi connectivity index (χ4n) is 3.29. The summed E-state index contributed by atoms with van der Waals surface area (Å²) in [5.41, 5.74) is 3.99. The second kappa shape index (κ2) is 7.50. The standard InChI is InChI=1S/C20H23N7O2/c1-12(10-27-13(2)5-6-22-27)8-21-19(28)16-7-17(15-9-23-26(4)11-15)24-20-18(16)14(3)25-29-20/h5-7,9,11-12H,8,10H2,1-4H3,(H,21,28)/t12-/m0/s1. The predicted octanol–water partition coefficient (Wildman–Crippen LogP) is 2.50. The highest BCUT2D eigenvalue weighted by molar-refractivity contribution is 6.06. The van der Waals surface area contributed by atoms with E-state index in [9.17, 15) is 4.79 Å². The summed E-state index contributed by atoms with van der Waals surface area (Å²) in [5.74, 6) is 0.0362. The summed E-state index contributed by atoms with van der Waals surface area (Å²) in [4.78, 5) is 17.5. The van der Waals surface area contributed by atoms with Gasteiger partial charge in [-0.1, -0.05) is 12.1 Å². The first kappa shape index (κ1) is 18.9. The fraction of sp³-hybridized carbons (Fsp3) is 0.350. The lowest BCUT2D eigenvalue weighted by Crippen LogP contribution is -2.30. The van der Waals surface area contributed by atoms with Crippen LogP contribution in [0.15, 0.2) is 35.2 Å². The van der Waals surface area contributed by atoms with Crippen LogP contribution in [0.3, 0.4) is 0 Å². The number of hydrogen-bond acceptors (Lipinski definition) is 6. The topological polar surface area (TPSA) is 104 Å². The Morgan fingerprint density at radius 3 is 2.83 bits per heavy atom. The van der Waals surface area contributed by atoms with E-state index < -0.39 is 0 Å². The summed E-state index contributed by atoms with van der Waals surface area (Å²) < 4.78 is 8.96. The van der Waals surface area contributed by atoms with Crippen molar-refractivity contribution in [3.05, 3.63) is 47.7 Å². The second-order valence-corrected chi connectivity index (χ2v) is 7.38. The molecule has 0 unspecified atom stereocenters. The molecule has 1 atom stereocenters. The molecule has 0 radical (unpaired) electrons. The lowest BCUT2D eigenvalue weighted by atomic mass is 10.1. The molecule has 150 valence electrons. The third kappa shape index (κ3) is 3.75. The Bertz CT molecular complexity index is 1170. The Labute approximate surface area is 167 Å². The Morgan fingerprint density at radius 1 is 1.31 bits per heavy atom. The van der Waals surface area contributed by atoms with Crippen LogP contribution in [0, 0.1) is 19.8 Å². The van der Waals surface area contributed by atoms with Gasteiger partial charge in [-0.2, -0.15) is 10.2 Å². The van der Waals surface area contributed by atoms with Gasteiger partial charge in [0.2, 0.25) is 0 Å². The molecule has 0 fully saturated rings. The molecule has 1 N–H and O–H groups in total. The number of hydrogen-bond donors (Lipinski definition) is 1. The van der Waals surface area contributed by atoms with Crippen LogP contribution >= 0.6 is 0 Å². The van der Waals surface area contributed by atoms with Gasteiger partial charge in [0.25, 0.3) is 11.6 Å². The molecule has 0 bridgehead atoms. The average molecular weight is 393 g/mol. The molecule has 0 aliphatic rings. The van der Waals surface area contributed by atoms with Crippen molar-refractivity contribution in [3.63, 3.8) is 0 Å². The molecule has 9 heteroatoms. The molecular weight excluding hydrogens is 370 g/mol. The fourth-order valence-corrected chi connectivity index (χ4v) is 3.29. The lowest BCUT2D eigenvalue weighted by molar-refractivity contribution is 0.0948. The second-order valence-electron chi connectivity index (χ2n) is 7.38. The molecule has 0 aromatic carbocycles. The van der Waals surface area contributed by atoms with Gasteiger partial charge in [0.1, 0.15) is 0 Å². The summed E-state index contributed by atoms with van der Waals surface area (Å²) in [7, 11) is 1.83. The molecular formula is C20H23N7O2. The molecule has 0 spiro atoms. The van der Waals surface area contributed by atoms with Crippen molar-refractivity contribution in [3.8, 4) is 11.3 Å².